The number of anilines is 1. The summed E-state index contributed by atoms with van der Waals surface area (Å²) in [4.78, 5) is 28.0. The molecule has 2 aliphatic heterocycles. The summed E-state index contributed by atoms with van der Waals surface area (Å²) in [5.41, 5.74) is 1.14. The maximum absolute atomic E-state index is 12.3. The summed E-state index contributed by atoms with van der Waals surface area (Å²) in [5, 5.41) is 2.91. The van der Waals surface area contributed by atoms with Gasteiger partial charge < -0.3 is 10.2 Å². The first-order valence-electron chi connectivity index (χ1n) is 9.26. The number of Topliss-reactive ketones (excluding diaryl/α,β-unsaturated/α-hetero) is 1. The first-order chi connectivity index (χ1) is 12.7. The number of carbonyl (C=O) groups is 2. The molecule has 0 bridgehead atoms. The standard InChI is InChI=1S/C19H27N3O4S/c1-15(23)16-3-5-17(6-4-16)22-10-8-21(9-11-22)13-18(24)20-19(2)7-12-27(25,26)14-19/h3-6H,7-14H2,1-2H3,(H,20,24)/t19-/m1/s1. The Labute approximate surface area is 160 Å². The molecule has 8 heteroatoms. The molecule has 148 valence electrons. The second-order valence-electron chi connectivity index (χ2n) is 7.82. The highest BCUT2D eigenvalue weighted by Gasteiger charge is 2.39. The van der Waals surface area contributed by atoms with Gasteiger partial charge in [-0.3, -0.25) is 14.5 Å². The summed E-state index contributed by atoms with van der Waals surface area (Å²) >= 11 is 0. The summed E-state index contributed by atoms with van der Waals surface area (Å²) in [5.74, 6) is 0.107. The number of benzene rings is 1. The smallest absolute Gasteiger partial charge is 0.234 e. The van der Waals surface area contributed by atoms with Gasteiger partial charge in [-0.1, -0.05) is 0 Å². The second-order valence-corrected chi connectivity index (χ2v) is 10.0. The Bertz CT molecular complexity index is 814. The number of nitrogens with zero attached hydrogens (tertiary/aromatic N) is 2. The van der Waals surface area contributed by atoms with Gasteiger partial charge >= 0.3 is 0 Å². The fourth-order valence-electron chi connectivity index (χ4n) is 3.76. The van der Waals surface area contributed by atoms with Gasteiger partial charge in [-0.2, -0.15) is 0 Å². The topological polar surface area (TPSA) is 86.8 Å². The third kappa shape index (κ3) is 5.07. The van der Waals surface area contributed by atoms with Crippen molar-refractivity contribution in [2.75, 3.05) is 49.1 Å². The Morgan fingerprint density at radius 1 is 1.11 bits per heavy atom. The van der Waals surface area contributed by atoms with Crippen LogP contribution in [0.4, 0.5) is 5.69 Å². The van der Waals surface area contributed by atoms with E-state index in [0.717, 1.165) is 31.9 Å². The highest BCUT2D eigenvalue weighted by Crippen LogP contribution is 2.23. The minimum atomic E-state index is -3.04. The van der Waals surface area contributed by atoms with Gasteiger partial charge in [-0.15, -0.1) is 0 Å². The SMILES string of the molecule is CC(=O)c1ccc(N2CCN(CC(=O)N[C@]3(C)CCS(=O)(=O)C3)CC2)cc1. The molecule has 0 aliphatic carbocycles. The van der Waals surface area contributed by atoms with E-state index in [9.17, 15) is 18.0 Å². The first-order valence-corrected chi connectivity index (χ1v) is 11.1. The lowest BCUT2D eigenvalue weighted by molar-refractivity contribution is -0.123. The van der Waals surface area contributed by atoms with E-state index in [-0.39, 0.29) is 29.7 Å². The number of carbonyl (C=O) groups excluding carboxylic acids is 2. The number of sulfone groups is 1. The Balaban J connectivity index is 1.48. The van der Waals surface area contributed by atoms with E-state index in [1.165, 1.54) is 0 Å². The monoisotopic (exact) mass is 393 g/mol. The molecule has 3 rings (SSSR count). The summed E-state index contributed by atoms with van der Waals surface area (Å²) < 4.78 is 23.3. The molecular formula is C19H27N3O4S. The third-order valence-electron chi connectivity index (χ3n) is 5.32. The van der Waals surface area contributed by atoms with Gasteiger partial charge in [0, 0.05) is 37.4 Å². The van der Waals surface area contributed by atoms with Crippen molar-refractivity contribution in [3.63, 3.8) is 0 Å². The first kappa shape index (κ1) is 19.8. The molecule has 1 atom stereocenters. The van der Waals surface area contributed by atoms with Crippen LogP contribution < -0.4 is 10.2 Å². The summed E-state index contributed by atoms with van der Waals surface area (Å²) in [6.07, 6.45) is 0.477. The van der Waals surface area contributed by atoms with Gasteiger partial charge in [0.25, 0.3) is 0 Å². The lowest BCUT2D eigenvalue weighted by Crippen LogP contribution is -2.53. The molecule has 27 heavy (non-hydrogen) atoms. The van der Waals surface area contributed by atoms with Crippen molar-refractivity contribution in [3.05, 3.63) is 29.8 Å². The Morgan fingerprint density at radius 3 is 2.26 bits per heavy atom. The van der Waals surface area contributed by atoms with Gasteiger partial charge in [0.15, 0.2) is 15.6 Å². The molecule has 0 unspecified atom stereocenters. The molecule has 1 N–H and O–H groups in total. The van der Waals surface area contributed by atoms with Crippen LogP contribution in [-0.2, 0) is 14.6 Å². The van der Waals surface area contributed by atoms with Crippen LogP contribution in [0, 0.1) is 0 Å². The van der Waals surface area contributed by atoms with Crippen LogP contribution in [0.15, 0.2) is 24.3 Å². The van der Waals surface area contributed by atoms with Crippen LogP contribution in [0.25, 0.3) is 0 Å². The third-order valence-corrected chi connectivity index (χ3v) is 7.23. The molecule has 7 nitrogen and oxygen atoms in total. The fourth-order valence-corrected chi connectivity index (χ4v) is 5.85. The number of ketones is 1. The minimum absolute atomic E-state index is 0.0236. The molecule has 0 spiro atoms. The van der Waals surface area contributed by atoms with Crippen molar-refractivity contribution < 1.29 is 18.0 Å². The quantitative estimate of drug-likeness (QED) is 0.742. The fraction of sp³-hybridized carbons (Fsp3) is 0.579. The zero-order valence-electron chi connectivity index (χ0n) is 15.9. The van der Waals surface area contributed by atoms with Crippen LogP contribution in [0.5, 0.6) is 0 Å². The predicted octanol–water partition coefficient (Wildman–Crippen LogP) is 0.705. The molecule has 2 heterocycles. The van der Waals surface area contributed by atoms with Crippen molar-refractivity contribution in [3.8, 4) is 0 Å². The molecule has 0 saturated carbocycles. The second kappa shape index (κ2) is 7.59. The van der Waals surface area contributed by atoms with E-state index < -0.39 is 15.4 Å². The van der Waals surface area contributed by atoms with Gasteiger partial charge in [-0.25, -0.2) is 8.42 Å². The number of hydrogen-bond acceptors (Lipinski definition) is 6. The largest absolute Gasteiger partial charge is 0.369 e. The number of piperazine rings is 1. The lowest BCUT2D eigenvalue weighted by atomic mass is 10.0. The van der Waals surface area contributed by atoms with Crippen molar-refractivity contribution in [2.45, 2.75) is 25.8 Å². The zero-order valence-corrected chi connectivity index (χ0v) is 16.7. The van der Waals surface area contributed by atoms with E-state index >= 15 is 0 Å². The molecule has 2 saturated heterocycles. The van der Waals surface area contributed by atoms with Gasteiger partial charge in [0.1, 0.15) is 0 Å². The van der Waals surface area contributed by atoms with E-state index in [1.54, 1.807) is 13.8 Å². The molecule has 1 aromatic carbocycles. The Morgan fingerprint density at radius 2 is 1.74 bits per heavy atom. The zero-order chi connectivity index (χ0) is 19.7. The molecule has 2 aliphatic rings. The van der Waals surface area contributed by atoms with Crippen LogP contribution in [0.3, 0.4) is 0 Å². The number of hydrogen-bond donors (Lipinski definition) is 1. The Hall–Kier alpha value is -1.93. The average molecular weight is 394 g/mol. The number of nitrogens with one attached hydrogen (secondary N) is 1. The molecule has 1 aromatic rings. The van der Waals surface area contributed by atoms with E-state index in [1.807, 2.05) is 24.3 Å². The maximum Gasteiger partial charge on any atom is 0.234 e. The lowest BCUT2D eigenvalue weighted by Gasteiger charge is -2.36. The van der Waals surface area contributed by atoms with E-state index in [4.69, 9.17) is 0 Å². The molecule has 1 amide bonds. The molecular weight excluding hydrogens is 366 g/mol. The van der Waals surface area contributed by atoms with Crippen molar-refractivity contribution >= 4 is 27.2 Å². The molecule has 0 aromatic heterocycles. The predicted molar refractivity (Wildman–Crippen MR) is 105 cm³/mol. The summed E-state index contributed by atoms with van der Waals surface area (Å²) in [6.45, 7) is 6.77. The van der Waals surface area contributed by atoms with Crippen LogP contribution in [0.1, 0.15) is 30.6 Å². The highest BCUT2D eigenvalue weighted by molar-refractivity contribution is 7.91. The van der Waals surface area contributed by atoms with Crippen LogP contribution in [-0.4, -0.2) is 74.8 Å². The number of amides is 1. The van der Waals surface area contributed by atoms with Crippen LogP contribution >= 0.6 is 0 Å². The minimum Gasteiger partial charge on any atom is -0.369 e. The molecule has 2 fully saturated rings. The summed E-state index contributed by atoms with van der Waals surface area (Å²) in [6, 6.07) is 7.60. The normalized spacial score (nSPS) is 25.3. The maximum atomic E-state index is 12.3. The van der Waals surface area contributed by atoms with Crippen molar-refractivity contribution in [2.24, 2.45) is 0 Å². The number of rotatable bonds is 5. The van der Waals surface area contributed by atoms with E-state index in [0.29, 0.717) is 12.0 Å². The van der Waals surface area contributed by atoms with Crippen LogP contribution in [0.2, 0.25) is 0 Å². The summed E-state index contributed by atoms with van der Waals surface area (Å²) in [7, 11) is -3.04. The van der Waals surface area contributed by atoms with Crippen molar-refractivity contribution in [1.82, 2.24) is 10.2 Å². The van der Waals surface area contributed by atoms with Gasteiger partial charge in [0.2, 0.25) is 5.91 Å². The van der Waals surface area contributed by atoms with E-state index in [2.05, 4.69) is 15.1 Å². The van der Waals surface area contributed by atoms with Gasteiger partial charge in [-0.05, 0) is 44.5 Å². The van der Waals surface area contributed by atoms with Crippen molar-refractivity contribution in [1.29, 1.82) is 0 Å². The van der Waals surface area contributed by atoms with Gasteiger partial charge in [0.05, 0.1) is 23.6 Å². The molecule has 0 radical (unpaired) electrons. The average Bonchev–Trinajstić information content (AvgIpc) is 2.88. The Kier molecular flexibility index (Phi) is 5.58. The highest BCUT2D eigenvalue weighted by atomic mass is 32.2.